The minimum Gasteiger partial charge on any atom is -0.492 e. The number of nitrogens with two attached hydrogens (primary N) is 1. The fourth-order valence-corrected chi connectivity index (χ4v) is 2.77. The van der Waals surface area contributed by atoms with Crippen molar-refractivity contribution in [2.24, 2.45) is 0 Å². The number of ether oxygens (including phenoxy) is 1. The van der Waals surface area contributed by atoms with Crippen molar-refractivity contribution < 1.29 is 9.53 Å². The first kappa shape index (κ1) is 13.0. The van der Waals surface area contributed by atoms with E-state index in [9.17, 15) is 4.79 Å². The Morgan fingerprint density at radius 2 is 2.05 bits per heavy atom. The van der Waals surface area contributed by atoms with Gasteiger partial charge in [-0.2, -0.15) is 0 Å². The van der Waals surface area contributed by atoms with Gasteiger partial charge in [0.05, 0.1) is 12.2 Å². The van der Waals surface area contributed by atoms with Crippen LogP contribution in [0.2, 0.25) is 5.02 Å². The number of rotatable bonds is 2. The Hall–Kier alpha value is -2.00. The zero-order chi connectivity index (χ0) is 14.3. The molecule has 0 amide bonds. The number of hydrogen-bond donors (Lipinski definition) is 1. The van der Waals surface area contributed by atoms with E-state index < -0.39 is 0 Å². The van der Waals surface area contributed by atoms with Crippen LogP contribution in [0.3, 0.4) is 0 Å². The molecule has 3 nitrogen and oxygen atoms in total. The molecule has 0 aromatic heterocycles. The van der Waals surface area contributed by atoms with E-state index in [2.05, 4.69) is 0 Å². The molecule has 102 valence electrons. The van der Waals surface area contributed by atoms with Gasteiger partial charge in [0.25, 0.3) is 0 Å². The third kappa shape index (κ3) is 2.14. The van der Waals surface area contributed by atoms with E-state index >= 15 is 0 Å². The number of anilines is 1. The van der Waals surface area contributed by atoms with Crippen LogP contribution in [-0.4, -0.2) is 12.4 Å². The Balaban J connectivity index is 2.11. The number of nitrogen functional groups attached to an aromatic ring is 1. The summed E-state index contributed by atoms with van der Waals surface area (Å²) in [6.45, 7) is 2.46. The lowest BCUT2D eigenvalue weighted by Crippen LogP contribution is -2.06. The van der Waals surface area contributed by atoms with Crippen molar-refractivity contribution in [1.82, 2.24) is 0 Å². The molecule has 0 saturated carbocycles. The normalized spacial score (nSPS) is 12.9. The van der Waals surface area contributed by atoms with Gasteiger partial charge in [-0.15, -0.1) is 0 Å². The fraction of sp³-hybridized carbons (Fsp3) is 0.188. The first-order valence-electron chi connectivity index (χ1n) is 6.42. The van der Waals surface area contributed by atoms with Crippen LogP contribution in [0, 0.1) is 6.92 Å². The second-order valence-corrected chi connectivity index (χ2v) is 5.38. The van der Waals surface area contributed by atoms with Gasteiger partial charge in [-0.3, -0.25) is 4.79 Å². The Morgan fingerprint density at radius 1 is 1.25 bits per heavy atom. The maximum Gasteiger partial charge on any atom is 0.197 e. The second kappa shape index (κ2) is 4.84. The number of benzene rings is 2. The molecule has 0 aliphatic carbocycles. The molecule has 0 saturated heterocycles. The lowest BCUT2D eigenvalue weighted by Gasteiger charge is -2.10. The third-order valence-corrected chi connectivity index (χ3v) is 3.71. The number of aryl methyl sites for hydroxylation is 1. The molecular weight excluding hydrogens is 274 g/mol. The standard InChI is InChI=1S/C16H14ClNO2/c1-9-6-12(18)2-3-13(9)15(19)14-8-11(17)7-10-4-5-20-16(10)14/h2-3,6-8H,4-5,18H2,1H3. The smallest absolute Gasteiger partial charge is 0.197 e. The fourth-order valence-electron chi connectivity index (χ4n) is 2.52. The molecule has 1 heterocycles. The SMILES string of the molecule is Cc1cc(N)ccc1C(=O)c1cc(Cl)cc2c1OCC2. The molecule has 20 heavy (non-hydrogen) atoms. The van der Waals surface area contributed by atoms with Crippen LogP contribution in [0.1, 0.15) is 27.0 Å². The number of carbonyl (C=O) groups is 1. The van der Waals surface area contributed by atoms with E-state index in [1.807, 2.05) is 13.0 Å². The summed E-state index contributed by atoms with van der Waals surface area (Å²) < 4.78 is 5.59. The van der Waals surface area contributed by atoms with Crippen LogP contribution in [0.4, 0.5) is 5.69 Å². The molecule has 3 rings (SSSR count). The molecule has 0 unspecified atom stereocenters. The average Bonchev–Trinajstić information content (AvgIpc) is 2.85. The van der Waals surface area contributed by atoms with Gasteiger partial charge in [-0.25, -0.2) is 0 Å². The van der Waals surface area contributed by atoms with Crippen LogP contribution in [0.25, 0.3) is 0 Å². The quantitative estimate of drug-likeness (QED) is 0.680. The van der Waals surface area contributed by atoms with E-state index in [0.717, 1.165) is 17.5 Å². The van der Waals surface area contributed by atoms with Crippen molar-refractivity contribution in [1.29, 1.82) is 0 Å². The zero-order valence-corrected chi connectivity index (χ0v) is 11.8. The summed E-state index contributed by atoms with van der Waals surface area (Å²) in [5.74, 6) is 0.582. The largest absolute Gasteiger partial charge is 0.492 e. The lowest BCUT2D eigenvalue weighted by molar-refractivity contribution is 0.103. The zero-order valence-electron chi connectivity index (χ0n) is 11.1. The molecule has 1 aliphatic rings. The van der Waals surface area contributed by atoms with Crippen LogP contribution < -0.4 is 10.5 Å². The number of hydrogen-bond acceptors (Lipinski definition) is 3. The van der Waals surface area contributed by atoms with Crippen molar-refractivity contribution in [2.45, 2.75) is 13.3 Å². The van der Waals surface area contributed by atoms with Crippen LogP contribution in [0.15, 0.2) is 30.3 Å². The Kier molecular flexibility index (Phi) is 3.14. The molecule has 2 aromatic carbocycles. The predicted molar refractivity (Wildman–Crippen MR) is 79.7 cm³/mol. The van der Waals surface area contributed by atoms with Crippen molar-refractivity contribution in [3.05, 3.63) is 57.6 Å². The van der Waals surface area contributed by atoms with Crippen LogP contribution >= 0.6 is 11.6 Å². The Morgan fingerprint density at radius 3 is 2.80 bits per heavy atom. The number of carbonyl (C=O) groups excluding carboxylic acids is 1. The van der Waals surface area contributed by atoms with Gasteiger partial charge in [0.15, 0.2) is 5.78 Å². The third-order valence-electron chi connectivity index (χ3n) is 3.49. The molecule has 0 spiro atoms. The maximum absolute atomic E-state index is 12.7. The van der Waals surface area contributed by atoms with Gasteiger partial charge in [-0.05, 0) is 48.4 Å². The molecule has 0 bridgehead atoms. The van der Waals surface area contributed by atoms with E-state index in [-0.39, 0.29) is 5.78 Å². The molecule has 1 aliphatic heterocycles. The van der Waals surface area contributed by atoms with Crippen molar-refractivity contribution in [3.63, 3.8) is 0 Å². The summed E-state index contributed by atoms with van der Waals surface area (Å²) in [7, 11) is 0. The second-order valence-electron chi connectivity index (χ2n) is 4.94. The minimum atomic E-state index is -0.0804. The topological polar surface area (TPSA) is 52.3 Å². The first-order chi connectivity index (χ1) is 9.56. The molecular formula is C16H14ClNO2. The van der Waals surface area contributed by atoms with Crippen LogP contribution in [0.5, 0.6) is 5.75 Å². The summed E-state index contributed by atoms with van der Waals surface area (Å²) in [6.07, 6.45) is 0.789. The maximum atomic E-state index is 12.7. The lowest BCUT2D eigenvalue weighted by atomic mass is 9.96. The van der Waals surface area contributed by atoms with E-state index in [1.54, 1.807) is 24.3 Å². The number of fused-ring (bicyclic) bond motifs is 1. The summed E-state index contributed by atoms with van der Waals surface area (Å²) in [6, 6.07) is 8.79. The highest BCUT2D eigenvalue weighted by molar-refractivity contribution is 6.31. The van der Waals surface area contributed by atoms with Crippen LogP contribution in [-0.2, 0) is 6.42 Å². The van der Waals surface area contributed by atoms with Crippen molar-refractivity contribution >= 4 is 23.1 Å². The molecule has 2 aromatic rings. The summed E-state index contributed by atoms with van der Waals surface area (Å²) in [4.78, 5) is 12.7. The summed E-state index contributed by atoms with van der Waals surface area (Å²) >= 11 is 6.10. The minimum absolute atomic E-state index is 0.0804. The average molecular weight is 288 g/mol. The van der Waals surface area contributed by atoms with Gasteiger partial charge < -0.3 is 10.5 Å². The van der Waals surface area contributed by atoms with E-state index in [0.29, 0.717) is 34.2 Å². The predicted octanol–water partition coefficient (Wildman–Crippen LogP) is 3.40. The Bertz CT molecular complexity index is 710. The highest BCUT2D eigenvalue weighted by Gasteiger charge is 2.23. The van der Waals surface area contributed by atoms with Crippen molar-refractivity contribution in [2.75, 3.05) is 12.3 Å². The van der Waals surface area contributed by atoms with Gasteiger partial charge in [-0.1, -0.05) is 11.6 Å². The number of ketones is 1. The van der Waals surface area contributed by atoms with Gasteiger partial charge in [0, 0.05) is 22.7 Å². The number of halogens is 1. The Labute approximate surface area is 122 Å². The highest BCUT2D eigenvalue weighted by atomic mass is 35.5. The first-order valence-corrected chi connectivity index (χ1v) is 6.80. The summed E-state index contributed by atoms with van der Waals surface area (Å²) in [5, 5.41) is 0.561. The molecule has 0 fully saturated rings. The van der Waals surface area contributed by atoms with Gasteiger partial charge >= 0.3 is 0 Å². The summed E-state index contributed by atoms with van der Waals surface area (Å²) in [5.41, 5.74) is 9.36. The molecule has 0 atom stereocenters. The van der Waals surface area contributed by atoms with Crippen molar-refractivity contribution in [3.8, 4) is 5.75 Å². The van der Waals surface area contributed by atoms with E-state index in [4.69, 9.17) is 22.1 Å². The van der Waals surface area contributed by atoms with Gasteiger partial charge in [0.1, 0.15) is 5.75 Å². The highest BCUT2D eigenvalue weighted by Crippen LogP contribution is 2.34. The molecule has 4 heteroatoms. The van der Waals surface area contributed by atoms with Gasteiger partial charge in [0.2, 0.25) is 0 Å². The van der Waals surface area contributed by atoms with E-state index in [1.165, 1.54) is 0 Å². The monoisotopic (exact) mass is 287 g/mol. The molecule has 2 N–H and O–H groups in total. The molecule has 0 radical (unpaired) electrons.